The second-order valence-electron chi connectivity index (χ2n) is 9.23. The largest absolute Gasteiger partial charge is 0.462 e. The van der Waals surface area contributed by atoms with E-state index in [1.54, 1.807) is 0 Å². The van der Waals surface area contributed by atoms with Crippen LogP contribution in [0.4, 0.5) is 4.39 Å². The van der Waals surface area contributed by atoms with Crippen molar-refractivity contribution in [1.82, 2.24) is 25.1 Å². The van der Waals surface area contributed by atoms with Crippen molar-refractivity contribution in [2.75, 3.05) is 33.0 Å². The number of aryl methyl sites for hydroxylation is 1. The first-order valence-electron chi connectivity index (χ1n) is 12.2. The number of imidazole rings is 1. The molecule has 1 aromatic heterocycles. The molecule has 3 atom stereocenters. The van der Waals surface area contributed by atoms with Crippen LogP contribution in [-0.2, 0) is 20.9 Å². The molecule has 1 aliphatic heterocycles. The molecular formula is C23H38FN5O5. The molecule has 10 nitrogen and oxygen atoms in total. The number of nitrogens with one attached hydrogen (secondary N) is 2. The summed E-state index contributed by atoms with van der Waals surface area (Å²) < 4.78 is 26.2. The average molecular weight is 484 g/mol. The molecule has 34 heavy (non-hydrogen) atoms. The zero-order valence-corrected chi connectivity index (χ0v) is 20.3. The first kappa shape index (κ1) is 26.4. The van der Waals surface area contributed by atoms with Gasteiger partial charge >= 0.3 is 0 Å². The van der Waals surface area contributed by atoms with Gasteiger partial charge in [0.2, 0.25) is 5.91 Å². The lowest BCUT2D eigenvalue weighted by Gasteiger charge is -2.35. The molecule has 2 heterocycles. The maximum atomic E-state index is 13.4. The molecular weight excluding hydrogens is 445 g/mol. The van der Waals surface area contributed by atoms with Crippen molar-refractivity contribution < 1.29 is 28.6 Å². The summed E-state index contributed by atoms with van der Waals surface area (Å²) in [6, 6.07) is 0.299. The summed E-state index contributed by atoms with van der Waals surface area (Å²) >= 11 is 0. The normalized spacial score (nSPS) is 21.4. The van der Waals surface area contributed by atoms with Crippen LogP contribution in [0.15, 0.2) is 6.20 Å². The minimum absolute atomic E-state index is 0.0607. The van der Waals surface area contributed by atoms with Gasteiger partial charge in [-0.3, -0.25) is 14.0 Å². The molecule has 1 saturated heterocycles. The molecule has 0 aromatic carbocycles. The number of amides is 2. The predicted molar refractivity (Wildman–Crippen MR) is 123 cm³/mol. The topological polar surface area (TPSA) is 118 Å². The van der Waals surface area contributed by atoms with E-state index in [1.807, 2.05) is 36.4 Å². The van der Waals surface area contributed by atoms with Crippen molar-refractivity contribution >= 4 is 11.8 Å². The molecule has 11 heteroatoms. The van der Waals surface area contributed by atoms with E-state index in [2.05, 4.69) is 10.6 Å². The molecule has 192 valence electrons. The Morgan fingerprint density at radius 3 is 2.76 bits per heavy atom. The highest BCUT2D eigenvalue weighted by atomic mass is 19.1. The van der Waals surface area contributed by atoms with E-state index in [-0.39, 0.29) is 30.1 Å². The van der Waals surface area contributed by atoms with Crippen LogP contribution in [0.5, 0.6) is 6.01 Å². The number of rotatable bonds is 13. The highest BCUT2D eigenvalue weighted by Gasteiger charge is 2.41. The van der Waals surface area contributed by atoms with E-state index in [1.165, 1.54) is 0 Å². The van der Waals surface area contributed by atoms with Crippen molar-refractivity contribution in [1.29, 1.82) is 0 Å². The minimum atomic E-state index is -0.595. The zero-order valence-electron chi connectivity index (χ0n) is 20.3. The van der Waals surface area contributed by atoms with Gasteiger partial charge in [0.15, 0.2) is 0 Å². The molecule has 1 aromatic rings. The number of aliphatic hydroxyl groups excluding tert-OH is 1. The van der Waals surface area contributed by atoms with Crippen LogP contribution in [0.3, 0.4) is 0 Å². The Balaban J connectivity index is 1.68. The third-order valence-electron chi connectivity index (χ3n) is 6.00. The van der Waals surface area contributed by atoms with E-state index in [9.17, 15) is 14.0 Å². The highest BCUT2D eigenvalue weighted by molar-refractivity contribution is 5.82. The Morgan fingerprint density at radius 2 is 2.18 bits per heavy atom. The van der Waals surface area contributed by atoms with E-state index in [0.29, 0.717) is 45.1 Å². The number of aromatic nitrogens is 2. The molecule has 2 aliphatic rings. The molecule has 0 radical (unpaired) electrons. The van der Waals surface area contributed by atoms with Gasteiger partial charge in [0.05, 0.1) is 31.1 Å². The van der Waals surface area contributed by atoms with E-state index >= 15 is 0 Å². The first-order chi connectivity index (χ1) is 16.3. The van der Waals surface area contributed by atoms with Crippen LogP contribution < -0.4 is 15.4 Å². The maximum absolute atomic E-state index is 13.4. The Labute approximate surface area is 200 Å². The van der Waals surface area contributed by atoms with Crippen LogP contribution >= 0.6 is 0 Å². The summed E-state index contributed by atoms with van der Waals surface area (Å²) in [6.07, 6.45) is 4.14. The average Bonchev–Trinajstić information content (AvgIpc) is 3.57. The van der Waals surface area contributed by atoms with Crippen LogP contribution in [0.1, 0.15) is 58.2 Å². The van der Waals surface area contributed by atoms with Crippen LogP contribution in [0.25, 0.3) is 0 Å². The smallest absolute Gasteiger partial charge is 0.296 e. The molecule has 2 amide bonds. The molecule has 0 spiro atoms. The van der Waals surface area contributed by atoms with Gasteiger partial charge < -0.3 is 34.7 Å². The van der Waals surface area contributed by atoms with Gasteiger partial charge in [-0.1, -0.05) is 0 Å². The second kappa shape index (κ2) is 12.5. The standard InChI is InChI=1S/C23H38FN5O5/c1-15(2)34-23-27-19(12-28(23)10-4-9-25-21(31)13-30)16(3)29(18-5-6-18)22(32)20-11-26-17(7-8-24)14-33-20/h12,15-18,20,26,30H,4-11,13-14H2,1-3H3,(H,25,31)/t16-,17-,20+/m0/s1. The van der Waals surface area contributed by atoms with Gasteiger partial charge in [0.1, 0.15) is 12.7 Å². The number of alkyl halides is 1. The maximum Gasteiger partial charge on any atom is 0.296 e. The van der Waals surface area contributed by atoms with Gasteiger partial charge in [-0.2, -0.15) is 4.98 Å². The number of carbonyl (C=O) groups is 2. The molecule has 1 saturated carbocycles. The molecule has 1 aliphatic carbocycles. The van der Waals surface area contributed by atoms with Crippen molar-refractivity contribution in [2.24, 2.45) is 0 Å². The number of carbonyl (C=O) groups excluding carboxylic acids is 2. The quantitative estimate of drug-likeness (QED) is 0.357. The third-order valence-corrected chi connectivity index (χ3v) is 6.00. The fourth-order valence-electron chi connectivity index (χ4n) is 4.07. The molecule has 3 N–H and O–H groups in total. The van der Waals surface area contributed by atoms with E-state index in [4.69, 9.17) is 19.6 Å². The third kappa shape index (κ3) is 7.13. The zero-order chi connectivity index (χ0) is 24.7. The molecule has 0 unspecified atom stereocenters. The van der Waals surface area contributed by atoms with Crippen LogP contribution in [0.2, 0.25) is 0 Å². The summed E-state index contributed by atoms with van der Waals surface area (Å²) in [4.78, 5) is 31.2. The fourth-order valence-corrected chi connectivity index (χ4v) is 4.07. The summed E-state index contributed by atoms with van der Waals surface area (Å²) in [5, 5.41) is 14.7. The Bertz CT molecular complexity index is 808. The number of ether oxygens (including phenoxy) is 2. The highest BCUT2D eigenvalue weighted by Crippen LogP contribution is 2.35. The summed E-state index contributed by atoms with van der Waals surface area (Å²) in [5.41, 5.74) is 0.731. The Morgan fingerprint density at radius 1 is 1.41 bits per heavy atom. The molecule has 3 rings (SSSR count). The van der Waals surface area contributed by atoms with Crippen LogP contribution in [0, 0.1) is 0 Å². The van der Waals surface area contributed by atoms with Crippen molar-refractivity contribution in [3.05, 3.63) is 11.9 Å². The predicted octanol–water partition coefficient (Wildman–Crippen LogP) is 0.938. The summed E-state index contributed by atoms with van der Waals surface area (Å²) in [6.45, 7) is 6.54. The lowest BCUT2D eigenvalue weighted by atomic mass is 10.1. The number of nitrogens with zero attached hydrogens (tertiary/aromatic N) is 3. The second-order valence-corrected chi connectivity index (χ2v) is 9.23. The van der Waals surface area contributed by atoms with E-state index in [0.717, 1.165) is 18.5 Å². The number of halogens is 1. The molecule has 2 fully saturated rings. The number of morpholine rings is 1. The minimum Gasteiger partial charge on any atom is -0.462 e. The number of aliphatic hydroxyl groups is 1. The van der Waals surface area contributed by atoms with Crippen molar-refractivity contribution in [3.63, 3.8) is 0 Å². The lowest BCUT2D eigenvalue weighted by molar-refractivity contribution is -0.149. The van der Waals surface area contributed by atoms with Gasteiger partial charge in [0, 0.05) is 37.9 Å². The Kier molecular flexibility index (Phi) is 9.66. The number of hydrogen-bond donors (Lipinski definition) is 3. The molecule has 0 bridgehead atoms. The Hall–Kier alpha value is -2.24. The van der Waals surface area contributed by atoms with Gasteiger partial charge in [-0.15, -0.1) is 0 Å². The summed E-state index contributed by atoms with van der Waals surface area (Å²) in [5.74, 6) is -0.485. The first-order valence-corrected chi connectivity index (χ1v) is 12.2. The van der Waals surface area contributed by atoms with Crippen LogP contribution in [-0.4, -0.2) is 88.6 Å². The SMILES string of the molecule is CC(C)Oc1nc([C@H](C)N(C(=O)[C@H]2CN[C@@H](CCF)CO2)C2CC2)cn1CCCNC(=O)CO. The van der Waals surface area contributed by atoms with Gasteiger partial charge in [-0.05, 0) is 46.5 Å². The van der Waals surface area contributed by atoms with Gasteiger partial charge in [-0.25, -0.2) is 0 Å². The van der Waals surface area contributed by atoms with Gasteiger partial charge in [0.25, 0.3) is 11.9 Å². The lowest BCUT2D eigenvalue weighted by Crippen LogP contribution is -2.54. The monoisotopic (exact) mass is 483 g/mol. The van der Waals surface area contributed by atoms with E-state index < -0.39 is 25.3 Å². The number of hydrogen-bond acceptors (Lipinski definition) is 7. The van der Waals surface area contributed by atoms with Crippen molar-refractivity contribution in [3.8, 4) is 6.01 Å². The summed E-state index contributed by atoms with van der Waals surface area (Å²) in [7, 11) is 0. The van der Waals surface area contributed by atoms with Crippen molar-refractivity contribution in [2.45, 2.75) is 83.3 Å². The fraction of sp³-hybridized carbons (Fsp3) is 0.783.